The molecule has 5 nitrogen and oxygen atoms in total. The Balaban J connectivity index is 2.39. The first-order valence-corrected chi connectivity index (χ1v) is 6.88. The first kappa shape index (κ1) is 14.8. The molecule has 0 aliphatic rings. The molecule has 1 heterocycles. The largest absolute Gasteiger partial charge is 0.440 e. The predicted molar refractivity (Wildman–Crippen MR) is 77.5 cm³/mol. The molecule has 0 radical (unpaired) electrons. The van der Waals surface area contributed by atoms with E-state index in [-0.39, 0.29) is 26.4 Å². The number of rotatable bonds is 4. The SMILES string of the molecule is CC(=O)c1cc([N+](=O)[O-])c(Oc2ccc(Cl)c(Cl)c2)s1. The Bertz CT molecular complexity index is 699. The smallest absolute Gasteiger partial charge is 0.323 e. The molecule has 0 atom stereocenters. The van der Waals surface area contributed by atoms with Crippen LogP contribution in [0.15, 0.2) is 24.3 Å². The number of halogens is 2. The molecule has 0 aliphatic heterocycles. The summed E-state index contributed by atoms with van der Waals surface area (Å²) in [5, 5.41) is 11.6. The van der Waals surface area contributed by atoms with E-state index in [1.165, 1.54) is 31.2 Å². The maximum atomic E-state index is 11.3. The Kier molecular flexibility index (Phi) is 4.27. The third-order valence-electron chi connectivity index (χ3n) is 2.32. The molecule has 0 fully saturated rings. The van der Waals surface area contributed by atoms with Crippen LogP contribution in [0, 0.1) is 10.1 Å². The van der Waals surface area contributed by atoms with Crippen LogP contribution < -0.4 is 4.74 Å². The number of Topliss-reactive ketones (excluding diaryl/α,β-unsaturated/α-hetero) is 1. The monoisotopic (exact) mass is 331 g/mol. The van der Waals surface area contributed by atoms with Crippen molar-refractivity contribution in [1.82, 2.24) is 0 Å². The molecular weight excluding hydrogens is 325 g/mol. The van der Waals surface area contributed by atoms with Crippen LogP contribution in [0.5, 0.6) is 10.8 Å². The van der Waals surface area contributed by atoms with Crippen LogP contribution in [0.1, 0.15) is 16.6 Å². The van der Waals surface area contributed by atoms with Crippen molar-refractivity contribution < 1.29 is 14.5 Å². The Morgan fingerprint density at radius 1 is 1.30 bits per heavy atom. The van der Waals surface area contributed by atoms with Gasteiger partial charge >= 0.3 is 5.69 Å². The second-order valence-corrected chi connectivity index (χ2v) is 5.60. The first-order valence-electron chi connectivity index (χ1n) is 5.30. The number of hydrogen-bond acceptors (Lipinski definition) is 5. The standard InChI is InChI=1S/C12H7Cl2NO4S/c1-6(16)11-5-10(15(17)18)12(20-11)19-7-2-3-8(13)9(14)4-7/h2-5H,1H3. The average Bonchev–Trinajstić information content (AvgIpc) is 2.78. The van der Waals surface area contributed by atoms with Crippen molar-refractivity contribution in [3.63, 3.8) is 0 Å². The first-order chi connectivity index (χ1) is 9.38. The molecule has 20 heavy (non-hydrogen) atoms. The van der Waals surface area contributed by atoms with Gasteiger partial charge in [-0.2, -0.15) is 0 Å². The van der Waals surface area contributed by atoms with Gasteiger partial charge in [0.25, 0.3) is 5.06 Å². The zero-order valence-electron chi connectivity index (χ0n) is 10.1. The summed E-state index contributed by atoms with van der Waals surface area (Å²) in [6.07, 6.45) is 0. The van der Waals surface area contributed by atoms with E-state index >= 15 is 0 Å². The molecule has 0 spiro atoms. The van der Waals surface area contributed by atoms with E-state index in [0.717, 1.165) is 11.3 Å². The van der Waals surface area contributed by atoms with Crippen LogP contribution in [0.4, 0.5) is 5.69 Å². The molecule has 0 N–H and O–H groups in total. The summed E-state index contributed by atoms with van der Waals surface area (Å²) in [4.78, 5) is 21.9. The van der Waals surface area contributed by atoms with E-state index in [4.69, 9.17) is 27.9 Å². The molecule has 0 unspecified atom stereocenters. The van der Waals surface area contributed by atoms with Gasteiger partial charge in [0, 0.05) is 12.1 Å². The molecule has 0 amide bonds. The summed E-state index contributed by atoms with van der Waals surface area (Å²) in [5.74, 6) is 0.0431. The maximum absolute atomic E-state index is 11.3. The zero-order valence-corrected chi connectivity index (χ0v) is 12.4. The molecular formula is C12H7Cl2NO4S. The summed E-state index contributed by atoms with van der Waals surface area (Å²) >= 11 is 12.5. The fourth-order valence-electron chi connectivity index (χ4n) is 1.39. The Morgan fingerprint density at radius 2 is 2.00 bits per heavy atom. The number of benzene rings is 1. The molecule has 1 aromatic heterocycles. The van der Waals surface area contributed by atoms with Crippen molar-refractivity contribution in [2.75, 3.05) is 0 Å². The van der Waals surface area contributed by atoms with Crippen molar-refractivity contribution in [2.24, 2.45) is 0 Å². The minimum Gasteiger partial charge on any atom is -0.440 e. The van der Waals surface area contributed by atoms with Gasteiger partial charge in [-0.25, -0.2) is 0 Å². The molecule has 8 heteroatoms. The molecule has 0 saturated carbocycles. The summed E-state index contributed by atoms with van der Waals surface area (Å²) in [7, 11) is 0. The Labute approximate surface area is 127 Å². The highest BCUT2D eigenvalue weighted by Gasteiger charge is 2.23. The maximum Gasteiger partial charge on any atom is 0.323 e. The molecule has 2 rings (SSSR count). The van der Waals surface area contributed by atoms with Crippen molar-refractivity contribution in [3.8, 4) is 10.8 Å². The van der Waals surface area contributed by atoms with Crippen LogP contribution in [0.3, 0.4) is 0 Å². The third kappa shape index (κ3) is 3.09. The van der Waals surface area contributed by atoms with Crippen LogP contribution in [0.2, 0.25) is 10.0 Å². The molecule has 2 aromatic rings. The van der Waals surface area contributed by atoms with Crippen LogP contribution >= 0.6 is 34.5 Å². The van der Waals surface area contributed by atoms with E-state index in [0.29, 0.717) is 10.8 Å². The van der Waals surface area contributed by atoms with Crippen molar-refractivity contribution in [3.05, 3.63) is 49.3 Å². The normalized spacial score (nSPS) is 10.3. The van der Waals surface area contributed by atoms with Crippen LogP contribution in [-0.4, -0.2) is 10.7 Å². The predicted octanol–water partition coefficient (Wildman–Crippen LogP) is 4.96. The second-order valence-electron chi connectivity index (χ2n) is 3.77. The highest BCUT2D eigenvalue weighted by molar-refractivity contribution is 7.16. The highest BCUT2D eigenvalue weighted by atomic mass is 35.5. The second kappa shape index (κ2) is 5.78. The van der Waals surface area contributed by atoms with Crippen molar-refractivity contribution in [2.45, 2.75) is 6.92 Å². The lowest BCUT2D eigenvalue weighted by Crippen LogP contribution is -1.89. The van der Waals surface area contributed by atoms with Crippen molar-refractivity contribution >= 4 is 46.0 Å². The van der Waals surface area contributed by atoms with E-state index in [1.54, 1.807) is 0 Å². The van der Waals surface area contributed by atoms with Gasteiger partial charge in [-0.3, -0.25) is 14.9 Å². The lowest BCUT2D eigenvalue weighted by Gasteiger charge is -2.03. The third-order valence-corrected chi connectivity index (χ3v) is 4.17. The van der Waals surface area contributed by atoms with Gasteiger partial charge in [-0.1, -0.05) is 34.5 Å². The highest BCUT2D eigenvalue weighted by Crippen LogP contribution is 2.40. The summed E-state index contributed by atoms with van der Waals surface area (Å²) in [6.45, 7) is 1.33. The van der Waals surface area contributed by atoms with Crippen molar-refractivity contribution in [1.29, 1.82) is 0 Å². The Morgan fingerprint density at radius 3 is 2.55 bits per heavy atom. The number of thiophene rings is 1. The topological polar surface area (TPSA) is 69.4 Å². The minimum atomic E-state index is -0.601. The average molecular weight is 332 g/mol. The van der Waals surface area contributed by atoms with Gasteiger partial charge < -0.3 is 4.74 Å². The summed E-state index contributed by atoms with van der Waals surface area (Å²) < 4.78 is 5.42. The van der Waals surface area contributed by atoms with Gasteiger partial charge in [0.15, 0.2) is 5.78 Å². The fourth-order valence-corrected chi connectivity index (χ4v) is 2.56. The molecule has 0 bridgehead atoms. The number of nitrogens with zero attached hydrogens (tertiary/aromatic N) is 1. The van der Waals surface area contributed by atoms with E-state index < -0.39 is 4.92 Å². The lowest BCUT2D eigenvalue weighted by atomic mass is 10.3. The molecule has 1 aromatic carbocycles. The number of ketones is 1. The zero-order chi connectivity index (χ0) is 14.9. The number of carbonyl (C=O) groups is 1. The van der Waals surface area contributed by atoms with Gasteiger partial charge in [0.1, 0.15) is 5.75 Å². The minimum absolute atomic E-state index is 0.0265. The van der Waals surface area contributed by atoms with E-state index in [9.17, 15) is 14.9 Å². The fraction of sp³-hybridized carbons (Fsp3) is 0.0833. The van der Waals surface area contributed by atoms with E-state index in [1.807, 2.05) is 0 Å². The Hall–Kier alpha value is -1.63. The van der Waals surface area contributed by atoms with Crippen LogP contribution in [0.25, 0.3) is 0 Å². The van der Waals surface area contributed by atoms with E-state index in [2.05, 4.69) is 0 Å². The lowest BCUT2D eigenvalue weighted by molar-refractivity contribution is -0.385. The summed E-state index contributed by atoms with van der Waals surface area (Å²) in [6, 6.07) is 5.69. The summed E-state index contributed by atoms with van der Waals surface area (Å²) in [5.41, 5.74) is -0.258. The number of hydrogen-bond donors (Lipinski definition) is 0. The number of nitro groups is 1. The molecule has 104 valence electrons. The molecule has 0 aliphatic carbocycles. The van der Waals surface area contributed by atoms with Gasteiger partial charge in [0.2, 0.25) is 0 Å². The van der Waals surface area contributed by atoms with Gasteiger partial charge in [0.05, 0.1) is 19.8 Å². The number of ether oxygens (including phenoxy) is 1. The van der Waals surface area contributed by atoms with Gasteiger partial charge in [-0.15, -0.1) is 0 Å². The van der Waals surface area contributed by atoms with Gasteiger partial charge in [-0.05, 0) is 19.1 Å². The van der Waals surface area contributed by atoms with Crippen LogP contribution in [-0.2, 0) is 0 Å². The number of carbonyl (C=O) groups excluding carboxylic acids is 1. The quantitative estimate of drug-likeness (QED) is 0.451. The molecule has 0 saturated heterocycles.